The van der Waals surface area contributed by atoms with E-state index in [1.165, 1.54) is 0 Å². The first-order valence-electron chi connectivity index (χ1n) is 15.2. The zero-order valence-electron chi connectivity index (χ0n) is 25.7. The van der Waals surface area contributed by atoms with Gasteiger partial charge >= 0.3 is 6.09 Å². The predicted octanol–water partition coefficient (Wildman–Crippen LogP) is 3.00. The Morgan fingerprint density at radius 1 is 0.795 bits per heavy atom. The minimum atomic E-state index is -1.67. The van der Waals surface area contributed by atoms with Crippen molar-refractivity contribution >= 4 is 12.0 Å². The molecule has 0 aliphatic heterocycles. The van der Waals surface area contributed by atoms with E-state index in [2.05, 4.69) is 16.0 Å². The quantitative estimate of drug-likeness (QED) is 0.177. The number of amides is 2. The number of benzene rings is 3. The maximum Gasteiger partial charge on any atom is 0.407 e. The second-order valence-electron chi connectivity index (χ2n) is 12.5. The molecule has 4 rings (SSSR count). The Kier molecular flexibility index (Phi) is 11.2. The standard InChI is InChI=1S/C35H45N3O6/c1-34(2,3)44-33(42)38-29(21-25-14-8-5-9-15-25)31(40)23-36-22-30(39)28(20-24-12-6-4-7-13-24)37-32(41)35(43)19-18-26-16-10-11-17-27(26)35/h4-17,28-31,36,39-40,43H,18-23H2,1-3H3,(H,37,41)(H,38,42)/t28-,29-,30+,31+,35?/m0/s1. The Bertz CT molecular complexity index is 1360. The smallest absolute Gasteiger partial charge is 0.407 e. The Balaban J connectivity index is 1.41. The van der Waals surface area contributed by atoms with Gasteiger partial charge in [-0.1, -0.05) is 84.9 Å². The van der Waals surface area contributed by atoms with E-state index in [9.17, 15) is 24.9 Å². The van der Waals surface area contributed by atoms with Gasteiger partial charge in [0.2, 0.25) is 0 Å². The van der Waals surface area contributed by atoms with Crippen LogP contribution in [0.5, 0.6) is 0 Å². The third-order valence-corrected chi connectivity index (χ3v) is 7.85. The van der Waals surface area contributed by atoms with Crippen molar-refractivity contribution in [2.75, 3.05) is 13.1 Å². The molecule has 1 aliphatic carbocycles. The first-order valence-corrected chi connectivity index (χ1v) is 15.2. The molecular formula is C35H45N3O6. The van der Waals surface area contributed by atoms with Gasteiger partial charge in [-0.3, -0.25) is 4.79 Å². The highest BCUT2D eigenvalue weighted by Crippen LogP contribution is 2.37. The van der Waals surface area contributed by atoms with Crippen molar-refractivity contribution in [3.8, 4) is 0 Å². The Morgan fingerprint density at radius 3 is 1.84 bits per heavy atom. The summed E-state index contributed by atoms with van der Waals surface area (Å²) in [4.78, 5) is 26.1. The highest BCUT2D eigenvalue weighted by Gasteiger charge is 2.44. The van der Waals surface area contributed by atoms with Gasteiger partial charge in [-0.15, -0.1) is 0 Å². The van der Waals surface area contributed by atoms with Crippen LogP contribution in [-0.4, -0.2) is 70.3 Å². The van der Waals surface area contributed by atoms with E-state index in [0.29, 0.717) is 24.8 Å². The lowest BCUT2D eigenvalue weighted by molar-refractivity contribution is -0.142. The number of alkyl carbamates (subject to hydrolysis) is 1. The molecule has 2 amide bonds. The summed E-state index contributed by atoms with van der Waals surface area (Å²) >= 11 is 0. The van der Waals surface area contributed by atoms with Crippen LogP contribution in [0, 0.1) is 0 Å². The van der Waals surface area contributed by atoms with Crippen molar-refractivity contribution in [2.24, 2.45) is 0 Å². The first kappa shape index (κ1) is 33.1. The minimum absolute atomic E-state index is 0.0500. The van der Waals surface area contributed by atoms with Gasteiger partial charge < -0.3 is 36.0 Å². The fourth-order valence-electron chi connectivity index (χ4n) is 5.54. The fourth-order valence-corrected chi connectivity index (χ4v) is 5.54. The predicted molar refractivity (Wildman–Crippen MR) is 169 cm³/mol. The molecular weight excluding hydrogens is 558 g/mol. The van der Waals surface area contributed by atoms with Crippen LogP contribution in [0.2, 0.25) is 0 Å². The van der Waals surface area contributed by atoms with Crippen molar-refractivity contribution in [3.63, 3.8) is 0 Å². The first-order chi connectivity index (χ1) is 20.9. The number of nitrogens with one attached hydrogen (secondary N) is 3. The number of hydrogen-bond acceptors (Lipinski definition) is 7. The largest absolute Gasteiger partial charge is 0.444 e. The van der Waals surface area contributed by atoms with E-state index >= 15 is 0 Å². The van der Waals surface area contributed by atoms with Gasteiger partial charge in [0.25, 0.3) is 5.91 Å². The van der Waals surface area contributed by atoms with Gasteiger partial charge in [-0.2, -0.15) is 0 Å². The molecule has 0 spiro atoms. The molecule has 3 aromatic carbocycles. The number of fused-ring (bicyclic) bond motifs is 1. The summed E-state index contributed by atoms with van der Waals surface area (Å²) < 4.78 is 5.41. The number of aliphatic hydroxyl groups is 3. The molecule has 3 aromatic rings. The molecule has 1 unspecified atom stereocenters. The second-order valence-corrected chi connectivity index (χ2v) is 12.5. The molecule has 0 bridgehead atoms. The van der Waals surface area contributed by atoms with Crippen molar-refractivity contribution in [1.29, 1.82) is 0 Å². The van der Waals surface area contributed by atoms with E-state index in [1.54, 1.807) is 32.9 Å². The summed E-state index contributed by atoms with van der Waals surface area (Å²) in [5, 5.41) is 42.6. The monoisotopic (exact) mass is 603 g/mol. The van der Waals surface area contributed by atoms with Gasteiger partial charge in [0, 0.05) is 13.1 Å². The average Bonchev–Trinajstić information content (AvgIpc) is 3.34. The number of carbonyl (C=O) groups is 2. The SMILES string of the molecule is CC(C)(C)OC(=O)N[C@@H](Cc1ccccc1)[C@H](O)CNC[C@@H](O)[C@H](Cc1ccccc1)NC(=O)C1(O)CCc2ccccc21. The molecule has 9 heteroatoms. The Hall–Kier alpha value is -3.76. The lowest BCUT2D eigenvalue weighted by Gasteiger charge is -2.30. The van der Waals surface area contributed by atoms with Crippen molar-refractivity contribution < 1.29 is 29.6 Å². The highest BCUT2D eigenvalue weighted by atomic mass is 16.6. The van der Waals surface area contributed by atoms with Gasteiger partial charge in [0.05, 0.1) is 24.3 Å². The maximum atomic E-state index is 13.5. The van der Waals surface area contributed by atoms with E-state index in [1.807, 2.05) is 72.8 Å². The third-order valence-electron chi connectivity index (χ3n) is 7.85. The maximum absolute atomic E-state index is 13.5. The van der Waals surface area contributed by atoms with Crippen molar-refractivity contribution in [3.05, 3.63) is 107 Å². The van der Waals surface area contributed by atoms with Crippen LogP contribution in [0.15, 0.2) is 84.9 Å². The average molecular weight is 604 g/mol. The van der Waals surface area contributed by atoms with Gasteiger partial charge in [0.1, 0.15) is 5.60 Å². The van der Waals surface area contributed by atoms with Crippen LogP contribution in [0.1, 0.15) is 49.4 Å². The molecule has 0 saturated heterocycles. The summed E-state index contributed by atoms with van der Waals surface area (Å²) in [5.74, 6) is -0.549. The van der Waals surface area contributed by atoms with E-state index < -0.39 is 47.5 Å². The second kappa shape index (κ2) is 14.8. The van der Waals surface area contributed by atoms with Crippen molar-refractivity contribution in [1.82, 2.24) is 16.0 Å². The number of hydrogen-bond donors (Lipinski definition) is 6. The zero-order chi connectivity index (χ0) is 31.7. The molecule has 0 radical (unpaired) electrons. The van der Waals surface area contributed by atoms with Crippen molar-refractivity contribution in [2.45, 2.75) is 81.9 Å². The number of carbonyl (C=O) groups excluding carboxylic acids is 2. The fraction of sp³-hybridized carbons (Fsp3) is 0.429. The molecule has 5 atom stereocenters. The summed E-state index contributed by atoms with van der Waals surface area (Å²) in [7, 11) is 0. The molecule has 9 nitrogen and oxygen atoms in total. The number of aryl methyl sites for hydroxylation is 1. The molecule has 44 heavy (non-hydrogen) atoms. The molecule has 6 N–H and O–H groups in total. The van der Waals surface area contributed by atoms with Crippen LogP contribution >= 0.6 is 0 Å². The van der Waals surface area contributed by atoms with Crippen LogP contribution in [-0.2, 0) is 34.4 Å². The van der Waals surface area contributed by atoms with E-state index in [4.69, 9.17) is 4.74 Å². The van der Waals surface area contributed by atoms with Crippen LogP contribution in [0.4, 0.5) is 4.79 Å². The van der Waals surface area contributed by atoms with Crippen LogP contribution in [0.25, 0.3) is 0 Å². The minimum Gasteiger partial charge on any atom is -0.444 e. The van der Waals surface area contributed by atoms with Crippen LogP contribution in [0.3, 0.4) is 0 Å². The lowest BCUT2D eigenvalue weighted by Crippen LogP contribution is -2.55. The highest BCUT2D eigenvalue weighted by molar-refractivity contribution is 5.88. The van der Waals surface area contributed by atoms with E-state index in [-0.39, 0.29) is 19.5 Å². The zero-order valence-corrected chi connectivity index (χ0v) is 25.7. The molecule has 1 aliphatic rings. The summed E-state index contributed by atoms with van der Waals surface area (Å²) in [6.45, 7) is 5.43. The molecule has 0 aromatic heterocycles. The molecule has 0 fully saturated rings. The Morgan fingerprint density at radius 2 is 1.30 bits per heavy atom. The Labute approximate surface area is 259 Å². The van der Waals surface area contributed by atoms with Gasteiger partial charge in [-0.25, -0.2) is 4.79 Å². The van der Waals surface area contributed by atoms with Gasteiger partial charge in [-0.05, 0) is 68.7 Å². The summed E-state index contributed by atoms with van der Waals surface area (Å²) in [6, 6.07) is 25.0. The molecule has 0 saturated carbocycles. The normalized spacial score (nSPS) is 18.9. The third kappa shape index (κ3) is 9.12. The van der Waals surface area contributed by atoms with Gasteiger partial charge in [0.15, 0.2) is 5.60 Å². The number of ether oxygens (including phenoxy) is 1. The summed E-state index contributed by atoms with van der Waals surface area (Å²) in [6.07, 6.45) is -1.11. The van der Waals surface area contributed by atoms with Crippen LogP contribution < -0.4 is 16.0 Å². The lowest BCUT2D eigenvalue weighted by atomic mass is 9.93. The topological polar surface area (TPSA) is 140 Å². The number of rotatable bonds is 13. The number of aliphatic hydroxyl groups excluding tert-OH is 2. The van der Waals surface area contributed by atoms with E-state index in [0.717, 1.165) is 16.7 Å². The summed E-state index contributed by atoms with van der Waals surface area (Å²) in [5.41, 5.74) is 1.01. The molecule has 0 heterocycles. The molecule has 236 valence electrons.